The second-order valence-electron chi connectivity index (χ2n) is 11.1. The molecule has 0 radical (unpaired) electrons. The number of rotatable bonds is 2. The fourth-order valence-corrected chi connectivity index (χ4v) is 6.48. The van der Waals surface area contributed by atoms with Crippen molar-refractivity contribution >= 4 is 55.7 Å². The third-order valence-electron chi connectivity index (χ3n) is 7.32. The minimum absolute atomic E-state index is 0.0996. The third kappa shape index (κ3) is 4.73. The second-order valence-corrected chi connectivity index (χ2v) is 12.1. The van der Waals surface area contributed by atoms with E-state index in [1.54, 1.807) is 37.9 Å². The van der Waals surface area contributed by atoms with E-state index in [1.165, 1.54) is 23.1 Å². The Bertz CT molecular complexity index is 1740. The molecule has 2 N–H and O–H groups in total. The van der Waals surface area contributed by atoms with Crippen LogP contribution in [0.5, 0.6) is 0 Å². The fourth-order valence-electron chi connectivity index (χ4n) is 5.60. The van der Waals surface area contributed by atoms with E-state index in [2.05, 4.69) is 10.3 Å². The molecule has 3 amide bonds. The van der Waals surface area contributed by atoms with Gasteiger partial charge < -0.3 is 24.2 Å². The molecule has 6 rings (SSSR count). The molecule has 0 saturated carbocycles. The van der Waals surface area contributed by atoms with E-state index >= 15 is 4.39 Å². The van der Waals surface area contributed by atoms with Crippen molar-refractivity contribution in [3.63, 3.8) is 0 Å². The van der Waals surface area contributed by atoms with Crippen LogP contribution in [-0.2, 0) is 11.3 Å². The van der Waals surface area contributed by atoms with Gasteiger partial charge in [-0.2, -0.15) is 0 Å². The van der Waals surface area contributed by atoms with Crippen LogP contribution in [0.25, 0.3) is 32.2 Å². The maximum atomic E-state index is 16.0. The number of fused-ring (bicyclic) bond motifs is 2. The predicted molar refractivity (Wildman–Crippen MR) is 149 cm³/mol. The number of halogens is 2. The van der Waals surface area contributed by atoms with Crippen LogP contribution in [0.1, 0.15) is 37.6 Å². The Morgan fingerprint density at radius 3 is 2.63 bits per heavy atom. The highest BCUT2D eigenvalue weighted by molar-refractivity contribution is 7.22. The zero-order chi connectivity index (χ0) is 29.2. The van der Waals surface area contributed by atoms with Crippen LogP contribution in [0.4, 0.5) is 23.5 Å². The zero-order valence-corrected chi connectivity index (χ0v) is 23.3. The molecular weight excluding hydrogens is 556 g/mol. The van der Waals surface area contributed by atoms with Crippen LogP contribution in [0.15, 0.2) is 30.5 Å². The van der Waals surface area contributed by atoms with E-state index in [9.17, 15) is 23.9 Å². The van der Waals surface area contributed by atoms with Crippen molar-refractivity contribution in [1.29, 1.82) is 0 Å². The molecule has 4 aromatic rings. The second kappa shape index (κ2) is 9.68. The van der Waals surface area contributed by atoms with E-state index in [0.717, 1.165) is 11.3 Å². The number of nitrogens with one attached hydrogen (secondary N) is 1. The summed E-state index contributed by atoms with van der Waals surface area (Å²) in [5, 5.41) is 12.5. The molecule has 2 aliphatic rings. The van der Waals surface area contributed by atoms with E-state index in [-0.39, 0.29) is 58.1 Å². The summed E-state index contributed by atoms with van der Waals surface area (Å²) in [6, 6.07) is 5.26. The smallest absolute Gasteiger partial charge is 0.413 e. The first-order valence-corrected chi connectivity index (χ1v) is 13.9. The van der Waals surface area contributed by atoms with Gasteiger partial charge in [0.2, 0.25) is 0 Å². The van der Waals surface area contributed by atoms with Gasteiger partial charge in [0.1, 0.15) is 17.2 Å². The van der Waals surface area contributed by atoms with E-state index in [1.807, 2.05) is 4.57 Å². The van der Waals surface area contributed by atoms with Crippen molar-refractivity contribution in [2.24, 2.45) is 0 Å². The molecule has 1 fully saturated rings. The number of carbonyl (C=O) groups is 3. The van der Waals surface area contributed by atoms with Gasteiger partial charge in [0, 0.05) is 48.9 Å². The van der Waals surface area contributed by atoms with Gasteiger partial charge in [-0.05, 0) is 51.5 Å². The number of piperazine rings is 1. The number of aromatic nitrogens is 2. The molecule has 0 unspecified atom stereocenters. The summed E-state index contributed by atoms with van der Waals surface area (Å²) in [5.74, 6) is -1.61. The summed E-state index contributed by atoms with van der Waals surface area (Å²) >= 11 is 0.911. The Morgan fingerprint density at radius 2 is 1.90 bits per heavy atom. The van der Waals surface area contributed by atoms with Gasteiger partial charge in [-0.25, -0.2) is 23.4 Å². The standard InChI is InChI=1S/C28H27F2N5O5S/c1-28(2,3)40-26(37)32-25-31-21-15(4-5-18(29)23(21)41-25)20-16-7-9-33-8-6-14-13-34(27(38)39)10-11-35(14)24(36)17(22(16)33)12-19(20)30/h4-5,7,9,12,14H,6,8,10-11,13H2,1-3H3,(H,38,39)(H,31,32,37)/t14-/m1/s1. The molecule has 1 saturated heterocycles. The summed E-state index contributed by atoms with van der Waals surface area (Å²) in [5.41, 5.74) is 0.644. The summed E-state index contributed by atoms with van der Waals surface area (Å²) in [6.45, 7) is 6.22. The number of aryl methyl sites for hydroxylation is 1. The molecule has 2 aromatic carbocycles. The number of anilines is 1. The Balaban J connectivity index is 1.44. The van der Waals surface area contributed by atoms with Gasteiger partial charge >= 0.3 is 12.2 Å². The number of hydrogen-bond donors (Lipinski definition) is 2. The van der Waals surface area contributed by atoms with Crippen LogP contribution >= 0.6 is 11.3 Å². The van der Waals surface area contributed by atoms with Crippen LogP contribution in [0.2, 0.25) is 0 Å². The van der Waals surface area contributed by atoms with Crippen molar-refractivity contribution in [3.05, 3.63) is 47.7 Å². The number of thiazole rings is 1. The summed E-state index contributed by atoms with van der Waals surface area (Å²) < 4.78 is 38.2. The van der Waals surface area contributed by atoms with E-state index in [4.69, 9.17) is 4.74 Å². The molecule has 214 valence electrons. The number of amides is 3. The lowest BCUT2D eigenvalue weighted by molar-refractivity contribution is 0.0420. The molecule has 0 spiro atoms. The Labute approximate surface area is 237 Å². The largest absolute Gasteiger partial charge is 0.465 e. The minimum atomic E-state index is -1.03. The average molecular weight is 584 g/mol. The first kappa shape index (κ1) is 26.9. The molecule has 13 heteroatoms. The number of carboxylic acid groups (broad SMARTS) is 1. The molecule has 10 nitrogen and oxygen atoms in total. The Morgan fingerprint density at radius 1 is 1.12 bits per heavy atom. The highest BCUT2D eigenvalue weighted by atomic mass is 32.1. The summed E-state index contributed by atoms with van der Waals surface area (Å²) in [6.07, 6.45) is 0.521. The van der Waals surface area contributed by atoms with Crippen LogP contribution in [0.3, 0.4) is 0 Å². The van der Waals surface area contributed by atoms with Crippen molar-refractivity contribution in [2.45, 2.75) is 45.4 Å². The molecular formula is C28H27F2N5O5S. The number of hydrogen-bond acceptors (Lipinski definition) is 6. The van der Waals surface area contributed by atoms with E-state index < -0.39 is 29.4 Å². The average Bonchev–Trinajstić information content (AvgIpc) is 3.50. The van der Waals surface area contributed by atoms with Crippen LogP contribution < -0.4 is 5.32 Å². The van der Waals surface area contributed by atoms with Gasteiger partial charge in [0.15, 0.2) is 5.13 Å². The number of benzene rings is 2. The van der Waals surface area contributed by atoms with Gasteiger partial charge in [0.05, 0.1) is 27.3 Å². The van der Waals surface area contributed by atoms with E-state index in [0.29, 0.717) is 29.4 Å². The van der Waals surface area contributed by atoms with Gasteiger partial charge in [-0.15, -0.1) is 0 Å². The molecule has 2 aliphatic heterocycles. The maximum Gasteiger partial charge on any atom is 0.413 e. The lowest BCUT2D eigenvalue weighted by atomic mass is 9.95. The van der Waals surface area contributed by atoms with Crippen LogP contribution in [-0.4, -0.2) is 73.8 Å². The topological polar surface area (TPSA) is 117 Å². The summed E-state index contributed by atoms with van der Waals surface area (Å²) in [7, 11) is 0. The quantitative estimate of drug-likeness (QED) is 0.310. The number of ether oxygens (including phenoxy) is 1. The van der Waals surface area contributed by atoms with Gasteiger partial charge in [0.25, 0.3) is 5.91 Å². The van der Waals surface area contributed by atoms with Crippen molar-refractivity contribution in [1.82, 2.24) is 19.4 Å². The third-order valence-corrected chi connectivity index (χ3v) is 8.30. The first-order valence-electron chi connectivity index (χ1n) is 13.1. The molecule has 41 heavy (non-hydrogen) atoms. The molecule has 1 atom stereocenters. The van der Waals surface area contributed by atoms with Crippen molar-refractivity contribution in [2.75, 3.05) is 25.0 Å². The Kier molecular flexibility index (Phi) is 6.36. The molecule has 0 bridgehead atoms. The monoisotopic (exact) mass is 583 g/mol. The predicted octanol–water partition coefficient (Wildman–Crippen LogP) is 5.75. The van der Waals surface area contributed by atoms with Crippen molar-refractivity contribution in [3.8, 4) is 11.1 Å². The van der Waals surface area contributed by atoms with Gasteiger partial charge in [-0.3, -0.25) is 10.1 Å². The minimum Gasteiger partial charge on any atom is -0.465 e. The Hall–Kier alpha value is -4.26. The lowest BCUT2D eigenvalue weighted by Gasteiger charge is -2.41. The van der Waals surface area contributed by atoms with Crippen molar-refractivity contribution < 1.29 is 33.0 Å². The molecule has 4 heterocycles. The highest BCUT2D eigenvalue weighted by Gasteiger charge is 2.36. The first-order chi connectivity index (χ1) is 19.4. The molecule has 0 aliphatic carbocycles. The van der Waals surface area contributed by atoms with Gasteiger partial charge in [-0.1, -0.05) is 11.3 Å². The normalized spacial score (nSPS) is 17.4. The SMILES string of the molecule is CC(C)(C)OC(=O)Nc1nc2c(-c3c(F)cc4c5c3ccn5CC[C@@H]3CN(C(=O)O)CCN3C4=O)ccc(F)c2s1. The number of nitrogens with zero attached hydrogens (tertiary/aromatic N) is 4. The fraction of sp³-hybridized carbons (Fsp3) is 0.357. The number of carbonyl (C=O) groups excluding carboxylic acids is 2. The molecule has 2 aromatic heterocycles. The summed E-state index contributed by atoms with van der Waals surface area (Å²) in [4.78, 5) is 44.9. The lowest BCUT2D eigenvalue weighted by Crippen LogP contribution is -2.57. The zero-order valence-electron chi connectivity index (χ0n) is 22.5. The van der Waals surface area contributed by atoms with Crippen LogP contribution in [0, 0.1) is 11.6 Å². The highest BCUT2D eigenvalue weighted by Crippen LogP contribution is 2.42. The maximum absolute atomic E-state index is 16.0.